The zero-order chi connectivity index (χ0) is 23.1. The highest BCUT2D eigenvalue weighted by atomic mass is 32.2. The van der Waals surface area contributed by atoms with Crippen LogP contribution >= 0.6 is 11.8 Å². The van der Waals surface area contributed by atoms with Gasteiger partial charge in [0, 0.05) is 18.3 Å². The van der Waals surface area contributed by atoms with E-state index in [9.17, 15) is 9.59 Å². The molecule has 2 aromatic carbocycles. The van der Waals surface area contributed by atoms with Gasteiger partial charge in [-0.3, -0.25) is 9.59 Å². The molecule has 0 bridgehead atoms. The molecule has 9 heteroatoms. The number of hydrogen-bond acceptors (Lipinski definition) is 6. The van der Waals surface area contributed by atoms with Crippen molar-refractivity contribution in [3.8, 4) is 5.75 Å². The van der Waals surface area contributed by atoms with Gasteiger partial charge in [-0.2, -0.15) is 0 Å². The average molecular weight is 454 g/mol. The quantitative estimate of drug-likeness (QED) is 0.480. The molecule has 0 aliphatic heterocycles. The first-order valence-electron chi connectivity index (χ1n) is 10.2. The number of nitrogens with zero attached hydrogens (tertiary/aromatic N) is 3. The van der Waals surface area contributed by atoms with Crippen molar-refractivity contribution in [1.29, 1.82) is 0 Å². The van der Waals surface area contributed by atoms with Crippen molar-refractivity contribution in [2.45, 2.75) is 25.0 Å². The summed E-state index contributed by atoms with van der Waals surface area (Å²) in [6.45, 7) is 4.03. The first kappa shape index (κ1) is 23.3. The fraction of sp³-hybridized carbons (Fsp3) is 0.304. The molecule has 1 atom stereocenters. The second-order valence-electron chi connectivity index (χ2n) is 7.53. The van der Waals surface area contributed by atoms with Crippen molar-refractivity contribution in [3.05, 3.63) is 66.0 Å². The number of carbonyl (C=O) groups excluding carboxylic acids is 2. The minimum atomic E-state index is -0.317. The van der Waals surface area contributed by atoms with E-state index in [0.29, 0.717) is 22.2 Å². The van der Waals surface area contributed by atoms with Crippen molar-refractivity contribution < 1.29 is 14.3 Å². The average Bonchev–Trinajstić information content (AvgIpc) is 3.16. The molecular formula is C23H27N5O3S. The Morgan fingerprint density at radius 1 is 1.06 bits per heavy atom. The summed E-state index contributed by atoms with van der Waals surface area (Å²) >= 11 is 1.29. The summed E-state index contributed by atoms with van der Waals surface area (Å²) in [5.74, 6) is 1.33. The molecule has 0 spiro atoms. The van der Waals surface area contributed by atoms with E-state index in [0.717, 1.165) is 5.75 Å². The highest BCUT2D eigenvalue weighted by Gasteiger charge is 2.25. The Hall–Kier alpha value is -3.33. The van der Waals surface area contributed by atoms with Crippen LogP contribution in [0, 0.1) is 5.92 Å². The molecule has 1 heterocycles. The maximum atomic E-state index is 12.6. The van der Waals surface area contributed by atoms with Gasteiger partial charge in [0.05, 0.1) is 18.9 Å². The number of rotatable bonds is 9. The van der Waals surface area contributed by atoms with Gasteiger partial charge in [-0.1, -0.05) is 43.8 Å². The van der Waals surface area contributed by atoms with Crippen molar-refractivity contribution in [2.24, 2.45) is 13.0 Å². The van der Waals surface area contributed by atoms with Crippen LogP contribution in [0.3, 0.4) is 0 Å². The molecule has 0 radical (unpaired) electrons. The Balaban J connectivity index is 1.63. The Morgan fingerprint density at radius 3 is 2.38 bits per heavy atom. The summed E-state index contributed by atoms with van der Waals surface area (Å²) in [5.41, 5.74) is 1.28. The number of thioether (sulfide) groups is 1. The van der Waals surface area contributed by atoms with Gasteiger partial charge in [-0.15, -0.1) is 10.2 Å². The van der Waals surface area contributed by atoms with Crippen LogP contribution in [0.1, 0.15) is 36.1 Å². The lowest BCUT2D eigenvalue weighted by Crippen LogP contribution is -2.33. The topological polar surface area (TPSA) is 98.1 Å². The maximum absolute atomic E-state index is 12.6. The van der Waals surface area contributed by atoms with E-state index in [1.807, 2.05) is 43.7 Å². The van der Waals surface area contributed by atoms with E-state index >= 15 is 0 Å². The molecule has 3 rings (SSSR count). The predicted octanol–water partition coefficient (Wildman–Crippen LogP) is 3.68. The van der Waals surface area contributed by atoms with Gasteiger partial charge in [0.15, 0.2) is 11.0 Å². The van der Waals surface area contributed by atoms with Gasteiger partial charge < -0.3 is 19.9 Å². The number of benzene rings is 2. The fourth-order valence-electron chi connectivity index (χ4n) is 3.07. The van der Waals surface area contributed by atoms with Gasteiger partial charge in [0.2, 0.25) is 5.91 Å². The highest BCUT2D eigenvalue weighted by Crippen LogP contribution is 2.24. The molecular weight excluding hydrogens is 426 g/mol. The van der Waals surface area contributed by atoms with E-state index in [1.165, 1.54) is 11.8 Å². The van der Waals surface area contributed by atoms with Crippen molar-refractivity contribution in [1.82, 2.24) is 20.1 Å². The Bertz CT molecular complexity index is 1050. The SMILES string of the molecule is COc1ccc(NC(=O)CSc2nnc([C@@H](NC(=O)c3ccccc3)C(C)C)n2C)cc1. The zero-order valence-corrected chi connectivity index (χ0v) is 19.3. The van der Waals surface area contributed by atoms with Crippen LogP contribution in [-0.2, 0) is 11.8 Å². The van der Waals surface area contributed by atoms with Crippen molar-refractivity contribution in [3.63, 3.8) is 0 Å². The third-order valence-electron chi connectivity index (χ3n) is 4.84. The van der Waals surface area contributed by atoms with Crippen LogP contribution in [0.15, 0.2) is 59.8 Å². The summed E-state index contributed by atoms with van der Waals surface area (Å²) < 4.78 is 6.94. The number of anilines is 1. The number of methoxy groups -OCH3 is 1. The monoisotopic (exact) mass is 453 g/mol. The lowest BCUT2D eigenvalue weighted by molar-refractivity contribution is -0.113. The molecule has 0 saturated carbocycles. The van der Waals surface area contributed by atoms with Crippen LogP contribution < -0.4 is 15.4 Å². The van der Waals surface area contributed by atoms with E-state index in [2.05, 4.69) is 20.8 Å². The number of nitrogens with one attached hydrogen (secondary N) is 2. The lowest BCUT2D eigenvalue weighted by Gasteiger charge is -2.21. The predicted molar refractivity (Wildman–Crippen MR) is 125 cm³/mol. The van der Waals surface area contributed by atoms with E-state index in [-0.39, 0.29) is 29.5 Å². The lowest BCUT2D eigenvalue weighted by atomic mass is 10.0. The molecule has 32 heavy (non-hydrogen) atoms. The van der Waals surface area contributed by atoms with Crippen molar-refractivity contribution >= 4 is 29.3 Å². The molecule has 0 aliphatic rings. The van der Waals surface area contributed by atoms with Crippen LogP contribution in [0.5, 0.6) is 5.75 Å². The maximum Gasteiger partial charge on any atom is 0.251 e. The molecule has 0 unspecified atom stereocenters. The second kappa shape index (κ2) is 10.8. The Kier molecular flexibility index (Phi) is 7.88. The smallest absolute Gasteiger partial charge is 0.251 e. The molecule has 168 valence electrons. The highest BCUT2D eigenvalue weighted by molar-refractivity contribution is 7.99. The molecule has 1 aromatic heterocycles. The number of ether oxygens (including phenoxy) is 1. The zero-order valence-electron chi connectivity index (χ0n) is 18.5. The largest absolute Gasteiger partial charge is 0.497 e. The minimum absolute atomic E-state index is 0.0989. The van der Waals surface area contributed by atoms with E-state index < -0.39 is 0 Å². The molecule has 3 aromatic rings. The summed E-state index contributed by atoms with van der Waals surface area (Å²) in [7, 11) is 3.43. The number of hydrogen-bond donors (Lipinski definition) is 2. The molecule has 0 fully saturated rings. The summed E-state index contributed by atoms with van der Waals surface area (Å²) in [5, 5.41) is 15.0. The van der Waals surface area contributed by atoms with Crippen LogP contribution in [0.4, 0.5) is 5.69 Å². The molecule has 2 N–H and O–H groups in total. The Morgan fingerprint density at radius 2 is 1.75 bits per heavy atom. The van der Waals surface area contributed by atoms with Crippen LogP contribution in [-0.4, -0.2) is 39.4 Å². The van der Waals surface area contributed by atoms with Gasteiger partial charge in [-0.25, -0.2) is 0 Å². The minimum Gasteiger partial charge on any atom is -0.497 e. The van der Waals surface area contributed by atoms with Gasteiger partial charge >= 0.3 is 0 Å². The summed E-state index contributed by atoms with van der Waals surface area (Å²) in [6, 6.07) is 15.9. The fourth-order valence-corrected chi connectivity index (χ4v) is 3.79. The number of aromatic nitrogens is 3. The first-order chi connectivity index (χ1) is 15.4. The Labute approximate surface area is 191 Å². The van der Waals surface area contributed by atoms with Gasteiger partial charge in [-0.05, 0) is 42.3 Å². The number of amides is 2. The summed E-state index contributed by atoms with van der Waals surface area (Å²) in [4.78, 5) is 25.0. The summed E-state index contributed by atoms with van der Waals surface area (Å²) in [6.07, 6.45) is 0. The van der Waals surface area contributed by atoms with Crippen LogP contribution in [0.25, 0.3) is 0 Å². The number of carbonyl (C=O) groups is 2. The molecule has 8 nitrogen and oxygen atoms in total. The van der Waals surface area contributed by atoms with E-state index in [1.54, 1.807) is 43.5 Å². The van der Waals surface area contributed by atoms with Gasteiger partial charge in [0.25, 0.3) is 5.91 Å². The van der Waals surface area contributed by atoms with E-state index in [4.69, 9.17) is 4.74 Å². The normalized spacial score (nSPS) is 11.8. The van der Waals surface area contributed by atoms with Crippen molar-refractivity contribution in [2.75, 3.05) is 18.2 Å². The standard InChI is InChI=1S/C23H27N5O3S/c1-15(2)20(25-22(30)16-8-6-5-7-9-16)21-26-27-23(28(21)3)32-14-19(29)24-17-10-12-18(31-4)13-11-17/h5-13,15,20H,14H2,1-4H3,(H,24,29)(H,25,30)/t20-/m0/s1. The third kappa shape index (κ3) is 5.88. The van der Waals surface area contributed by atoms with Crippen LogP contribution in [0.2, 0.25) is 0 Å². The van der Waals surface area contributed by atoms with Gasteiger partial charge in [0.1, 0.15) is 5.75 Å². The molecule has 2 amide bonds. The second-order valence-corrected chi connectivity index (χ2v) is 8.47. The first-order valence-corrected chi connectivity index (χ1v) is 11.2. The molecule has 0 saturated heterocycles. The molecule has 0 aliphatic carbocycles. The third-order valence-corrected chi connectivity index (χ3v) is 5.86.